The molecule has 1 fully saturated rings. The Hall–Kier alpha value is -3.62. The number of nitrogens with two attached hydrogens (primary N) is 1. The molecule has 3 aromatic rings. The number of likely N-dealkylation sites (tertiary alicyclic amines) is 1. The number of benzene rings is 1. The molecule has 2 aromatic heterocycles. The number of phenols is 1. The lowest BCUT2D eigenvalue weighted by atomic mass is 10.0. The SMILES string of the molecule is CC(=O)N1CCC(Nc2ncnc(N)c2C(=N)c2cc3cc(O)ccc3[nH]2)CC1. The molecule has 150 valence electrons. The Morgan fingerprint density at radius 2 is 2.07 bits per heavy atom. The summed E-state index contributed by atoms with van der Waals surface area (Å²) >= 11 is 0. The smallest absolute Gasteiger partial charge is 0.219 e. The number of nitrogen functional groups attached to an aromatic ring is 1. The number of carbonyl (C=O) groups excluding carboxylic acids is 1. The fraction of sp³-hybridized carbons (Fsp3) is 0.300. The van der Waals surface area contributed by atoms with Crippen LogP contribution in [-0.2, 0) is 4.79 Å². The molecular formula is C20H23N7O2. The average molecular weight is 393 g/mol. The van der Waals surface area contributed by atoms with E-state index >= 15 is 0 Å². The third-order valence-corrected chi connectivity index (χ3v) is 5.28. The standard InChI is InChI=1S/C20H23N7O2/c1-11(28)27-6-4-13(5-7-27)25-20-17(19(22)23-10-24-20)18(21)16-9-12-8-14(29)2-3-15(12)26-16/h2-3,8-10,13,21,26,29H,4-7H2,1H3,(H3,22,23,24,25). The Kier molecular flexibility index (Phi) is 4.79. The van der Waals surface area contributed by atoms with Crippen LogP contribution in [0.5, 0.6) is 5.75 Å². The molecule has 4 rings (SSSR count). The van der Waals surface area contributed by atoms with Gasteiger partial charge in [0.1, 0.15) is 23.7 Å². The van der Waals surface area contributed by atoms with Crippen molar-refractivity contribution in [3.63, 3.8) is 0 Å². The number of aromatic hydroxyl groups is 1. The molecule has 1 aromatic carbocycles. The largest absolute Gasteiger partial charge is 0.508 e. The lowest BCUT2D eigenvalue weighted by molar-refractivity contribution is -0.129. The zero-order chi connectivity index (χ0) is 20.5. The van der Waals surface area contributed by atoms with Crippen LogP contribution in [0.1, 0.15) is 31.0 Å². The van der Waals surface area contributed by atoms with Crippen LogP contribution >= 0.6 is 0 Å². The van der Waals surface area contributed by atoms with Gasteiger partial charge in [-0.25, -0.2) is 9.97 Å². The molecule has 6 N–H and O–H groups in total. The Bertz CT molecular complexity index is 1080. The molecule has 0 aliphatic carbocycles. The second-order valence-corrected chi connectivity index (χ2v) is 7.24. The van der Waals surface area contributed by atoms with Gasteiger partial charge in [-0.1, -0.05) is 0 Å². The van der Waals surface area contributed by atoms with Crippen molar-refractivity contribution in [3.8, 4) is 5.75 Å². The monoisotopic (exact) mass is 393 g/mol. The molecule has 1 amide bonds. The first-order valence-corrected chi connectivity index (χ1v) is 9.46. The van der Waals surface area contributed by atoms with Crippen molar-refractivity contribution in [2.24, 2.45) is 0 Å². The van der Waals surface area contributed by atoms with Crippen LogP contribution in [0.2, 0.25) is 0 Å². The highest BCUT2D eigenvalue weighted by Crippen LogP contribution is 2.27. The number of amides is 1. The van der Waals surface area contributed by atoms with Crippen molar-refractivity contribution < 1.29 is 9.90 Å². The fourth-order valence-corrected chi connectivity index (χ4v) is 3.68. The highest BCUT2D eigenvalue weighted by atomic mass is 16.3. The maximum absolute atomic E-state index is 11.5. The molecule has 0 bridgehead atoms. The molecule has 0 unspecified atom stereocenters. The van der Waals surface area contributed by atoms with Gasteiger partial charge >= 0.3 is 0 Å². The van der Waals surface area contributed by atoms with E-state index in [0.29, 0.717) is 30.2 Å². The van der Waals surface area contributed by atoms with E-state index in [1.54, 1.807) is 31.2 Å². The van der Waals surface area contributed by atoms with Gasteiger partial charge in [-0.05, 0) is 37.1 Å². The second-order valence-electron chi connectivity index (χ2n) is 7.24. The van der Waals surface area contributed by atoms with Crippen molar-refractivity contribution in [2.45, 2.75) is 25.8 Å². The molecule has 9 heteroatoms. The van der Waals surface area contributed by atoms with Crippen LogP contribution in [0.15, 0.2) is 30.6 Å². The number of nitrogens with one attached hydrogen (secondary N) is 3. The van der Waals surface area contributed by atoms with Crippen molar-refractivity contribution in [1.82, 2.24) is 19.9 Å². The Balaban J connectivity index is 1.60. The van der Waals surface area contributed by atoms with E-state index in [9.17, 15) is 9.90 Å². The number of anilines is 2. The summed E-state index contributed by atoms with van der Waals surface area (Å²) in [5.41, 5.74) is 8.07. The lowest BCUT2D eigenvalue weighted by Gasteiger charge is -2.32. The maximum Gasteiger partial charge on any atom is 0.219 e. The summed E-state index contributed by atoms with van der Waals surface area (Å²) in [5.74, 6) is 0.971. The molecular weight excluding hydrogens is 370 g/mol. The third-order valence-electron chi connectivity index (χ3n) is 5.28. The molecule has 1 aliphatic rings. The number of aromatic nitrogens is 3. The number of hydrogen-bond acceptors (Lipinski definition) is 7. The van der Waals surface area contributed by atoms with Crippen molar-refractivity contribution >= 4 is 34.2 Å². The number of hydrogen-bond donors (Lipinski definition) is 5. The van der Waals surface area contributed by atoms with Gasteiger partial charge in [-0.15, -0.1) is 0 Å². The summed E-state index contributed by atoms with van der Waals surface area (Å²) in [6.07, 6.45) is 2.96. The highest BCUT2D eigenvalue weighted by molar-refractivity contribution is 6.16. The quantitative estimate of drug-likeness (QED) is 0.429. The number of H-pyrrole nitrogens is 1. The fourth-order valence-electron chi connectivity index (χ4n) is 3.68. The van der Waals surface area contributed by atoms with E-state index in [1.165, 1.54) is 6.33 Å². The number of fused-ring (bicyclic) bond motifs is 1. The summed E-state index contributed by atoms with van der Waals surface area (Å²) in [5, 5.41) is 22.6. The molecule has 3 heterocycles. The number of carbonyl (C=O) groups is 1. The van der Waals surface area contributed by atoms with E-state index in [4.69, 9.17) is 11.1 Å². The van der Waals surface area contributed by atoms with E-state index < -0.39 is 0 Å². The Labute approximate surface area is 167 Å². The van der Waals surface area contributed by atoms with Crippen molar-refractivity contribution in [1.29, 1.82) is 5.41 Å². The van der Waals surface area contributed by atoms with Crippen molar-refractivity contribution in [2.75, 3.05) is 24.1 Å². The zero-order valence-corrected chi connectivity index (χ0v) is 16.1. The van der Waals surface area contributed by atoms with E-state index in [1.807, 2.05) is 4.90 Å². The summed E-state index contributed by atoms with van der Waals surface area (Å²) in [7, 11) is 0. The minimum Gasteiger partial charge on any atom is -0.508 e. The Morgan fingerprint density at radius 3 is 2.79 bits per heavy atom. The minimum atomic E-state index is 0.0852. The summed E-state index contributed by atoms with van der Waals surface area (Å²) in [6.45, 7) is 2.95. The molecule has 29 heavy (non-hydrogen) atoms. The van der Waals surface area contributed by atoms with Gasteiger partial charge in [0.05, 0.1) is 17.0 Å². The maximum atomic E-state index is 11.5. The molecule has 1 aliphatic heterocycles. The van der Waals surface area contributed by atoms with Gasteiger partial charge in [-0.2, -0.15) is 0 Å². The topological polar surface area (TPSA) is 144 Å². The summed E-state index contributed by atoms with van der Waals surface area (Å²) in [6, 6.07) is 6.90. The summed E-state index contributed by atoms with van der Waals surface area (Å²) in [4.78, 5) is 24.9. The van der Waals surface area contributed by atoms with Gasteiger partial charge in [0, 0.05) is 37.0 Å². The Morgan fingerprint density at radius 1 is 1.31 bits per heavy atom. The first-order valence-electron chi connectivity index (χ1n) is 9.46. The van der Waals surface area contributed by atoms with Gasteiger partial charge in [0.15, 0.2) is 0 Å². The van der Waals surface area contributed by atoms with Crippen LogP contribution < -0.4 is 11.1 Å². The number of piperidine rings is 1. The summed E-state index contributed by atoms with van der Waals surface area (Å²) < 4.78 is 0. The van der Waals surface area contributed by atoms with Crippen LogP contribution in [0.3, 0.4) is 0 Å². The average Bonchev–Trinajstić information content (AvgIpc) is 3.11. The molecule has 0 saturated carbocycles. The van der Waals surface area contributed by atoms with Crippen LogP contribution in [0.25, 0.3) is 10.9 Å². The van der Waals surface area contributed by atoms with Gasteiger partial charge in [0.2, 0.25) is 5.91 Å². The number of aromatic amines is 1. The van der Waals surface area contributed by atoms with E-state index in [-0.39, 0.29) is 29.2 Å². The lowest BCUT2D eigenvalue weighted by Crippen LogP contribution is -2.41. The number of nitrogens with zero attached hydrogens (tertiary/aromatic N) is 3. The van der Waals surface area contributed by atoms with Gasteiger partial charge < -0.3 is 26.0 Å². The molecule has 0 spiro atoms. The minimum absolute atomic E-state index is 0.0852. The molecule has 0 atom stereocenters. The van der Waals surface area contributed by atoms with Crippen LogP contribution in [-0.4, -0.2) is 55.7 Å². The predicted molar refractivity (Wildman–Crippen MR) is 111 cm³/mol. The molecule has 1 saturated heterocycles. The highest BCUT2D eigenvalue weighted by Gasteiger charge is 2.24. The number of phenolic OH excluding ortho intramolecular Hbond substituents is 1. The molecule has 0 radical (unpaired) electrons. The number of rotatable bonds is 4. The second kappa shape index (κ2) is 7.42. The molecule has 9 nitrogen and oxygen atoms in total. The first-order chi connectivity index (χ1) is 13.9. The van der Waals surface area contributed by atoms with Crippen LogP contribution in [0.4, 0.5) is 11.6 Å². The normalized spacial score (nSPS) is 14.9. The predicted octanol–water partition coefficient (Wildman–Crippen LogP) is 2.08. The van der Waals surface area contributed by atoms with Crippen LogP contribution in [0, 0.1) is 5.41 Å². The first kappa shape index (κ1) is 18.7. The zero-order valence-electron chi connectivity index (χ0n) is 16.1. The van der Waals surface area contributed by atoms with Gasteiger partial charge in [0.25, 0.3) is 0 Å². The van der Waals surface area contributed by atoms with E-state index in [2.05, 4.69) is 20.3 Å². The third kappa shape index (κ3) is 3.71. The van der Waals surface area contributed by atoms with Crippen molar-refractivity contribution in [3.05, 3.63) is 41.9 Å². The van der Waals surface area contributed by atoms with E-state index in [0.717, 1.165) is 23.7 Å². The van der Waals surface area contributed by atoms with Gasteiger partial charge in [-0.3, -0.25) is 10.2 Å².